The van der Waals surface area contributed by atoms with E-state index in [1.807, 2.05) is 0 Å². The summed E-state index contributed by atoms with van der Waals surface area (Å²) in [5, 5.41) is 14.2. The number of hydrogen-bond acceptors (Lipinski definition) is 3. The number of carboxylic acids is 1. The molecule has 2 amide bonds. The van der Waals surface area contributed by atoms with E-state index in [9.17, 15) is 9.59 Å². The molecule has 1 heterocycles. The van der Waals surface area contributed by atoms with E-state index in [4.69, 9.17) is 5.11 Å². The van der Waals surface area contributed by atoms with Gasteiger partial charge < -0.3 is 20.7 Å². The molecule has 2 rings (SSSR count). The number of carboxylic acid groups (broad SMARTS) is 1. The Morgan fingerprint density at radius 2 is 2.22 bits per heavy atom. The molecule has 0 bridgehead atoms. The second-order valence-corrected chi connectivity index (χ2v) is 4.48. The van der Waals surface area contributed by atoms with Gasteiger partial charge in [0.05, 0.1) is 5.41 Å². The topological polar surface area (TPSA) is 107 Å². The summed E-state index contributed by atoms with van der Waals surface area (Å²) >= 11 is 0. The first-order chi connectivity index (χ1) is 8.62. The van der Waals surface area contributed by atoms with Crippen molar-refractivity contribution >= 4 is 12.0 Å². The quantitative estimate of drug-likeness (QED) is 0.576. The van der Waals surface area contributed by atoms with Crippen molar-refractivity contribution in [2.24, 2.45) is 5.41 Å². The number of imidazole rings is 1. The van der Waals surface area contributed by atoms with Gasteiger partial charge in [0, 0.05) is 31.9 Å². The molecule has 7 nitrogen and oxygen atoms in total. The molecule has 1 aromatic rings. The Morgan fingerprint density at radius 3 is 2.78 bits per heavy atom. The number of carbonyl (C=O) groups excluding carboxylic acids is 1. The molecule has 0 spiro atoms. The van der Waals surface area contributed by atoms with Gasteiger partial charge in [-0.25, -0.2) is 9.78 Å². The Hall–Kier alpha value is -2.05. The van der Waals surface area contributed by atoms with Crippen LogP contribution in [0.1, 0.15) is 18.7 Å². The third kappa shape index (κ3) is 2.99. The van der Waals surface area contributed by atoms with Gasteiger partial charge >= 0.3 is 12.0 Å². The lowest BCUT2D eigenvalue weighted by Crippen LogP contribution is -2.41. The molecule has 1 aliphatic carbocycles. The Bertz CT molecular complexity index is 426. The molecule has 0 aliphatic heterocycles. The van der Waals surface area contributed by atoms with E-state index in [-0.39, 0.29) is 12.6 Å². The maximum absolute atomic E-state index is 11.4. The summed E-state index contributed by atoms with van der Waals surface area (Å²) in [6.45, 7) is 0.647. The highest BCUT2D eigenvalue weighted by atomic mass is 16.4. The number of hydrogen-bond donors (Lipinski definition) is 4. The average Bonchev–Trinajstić information content (AvgIpc) is 2.97. The van der Waals surface area contributed by atoms with E-state index >= 15 is 0 Å². The summed E-state index contributed by atoms with van der Waals surface area (Å²) in [6, 6.07) is -0.339. The normalized spacial score (nSPS) is 16.0. The average molecular weight is 252 g/mol. The minimum absolute atomic E-state index is 0.189. The molecule has 1 saturated carbocycles. The van der Waals surface area contributed by atoms with Crippen LogP contribution in [0, 0.1) is 5.41 Å². The molecule has 0 saturated heterocycles. The fourth-order valence-corrected chi connectivity index (χ4v) is 1.66. The Morgan fingerprint density at radius 1 is 1.44 bits per heavy atom. The number of amides is 2. The lowest BCUT2D eigenvalue weighted by atomic mass is 10.1. The molecule has 1 fully saturated rings. The number of rotatable bonds is 6. The van der Waals surface area contributed by atoms with Gasteiger partial charge in [0.1, 0.15) is 5.82 Å². The van der Waals surface area contributed by atoms with Crippen molar-refractivity contribution in [1.29, 1.82) is 0 Å². The number of carbonyl (C=O) groups is 2. The zero-order chi connectivity index (χ0) is 13.0. The minimum atomic E-state index is -0.835. The number of nitrogens with zero attached hydrogens (tertiary/aromatic N) is 1. The number of aromatic amines is 1. The maximum Gasteiger partial charge on any atom is 0.314 e. The van der Waals surface area contributed by atoms with E-state index in [0.717, 1.165) is 5.82 Å². The van der Waals surface area contributed by atoms with E-state index in [2.05, 4.69) is 20.6 Å². The van der Waals surface area contributed by atoms with Gasteiger partial charge in [0.15, 0.2) is 0 Å². The van der Waals surface area contributed by atoms with Crippen LogP contribution in [0.25, 0.3) is 0 Å². The predicted molar refractivity (Wildman–Crippen MR) is 63.0 cm³/mol. The lowest BCUT2D eigenvalue weighted by Gasteiger charge is -2.11. The highest BCUT2D eigenvalue weighted by molar-refractivity contribution is 5.80. The van der Waals surface area contributed by atoms with Gasteiger partial charge in [0.2, 0.25) is 0 Å². The van der Waals surface area contributed by atoms with Crippen LogP contribution in [0.3, 0.4) is 0 Å². The Labute approximate surface area is 104 Å². The van der Waals surface area contributed by atoms with Crippen LogP contribution in [0.4, 0.5) is 4.79 Å². The first-order valence-corrected chi connectivity index (χ1v) is 5.86. The zero-order valence-electron chi connectivity index (χ0n) is 9.90. The number of nitrogens with one attached hydrogen (secondary N) is 3. The lowest BCUT2D eigenvalue weighted by molar-refractivity contribution is -0.143. The highest BCUT2D eigenvalue weighted by Crippen LogP contribution is 2.45. The SMILES string of the molecule is O=C(NCCc1ncc[nH]1)NCC1(C(=O)O)CC1. The number of aromatic nitrogens is 2. The smallest absolute Gasteiger partial charge is 0.314 e. The van der Waals surface area contributed by atoms with Gasteiger partial charge in [-0.2, -0.15) is 0 Å². The van der Waals surface area contributed by atoms with E-state index in [1.165, 1.54) is 0 Å². The molecular weight excluding hydrogens is 236 g/mol. The van der Waals surface area contributed by atoms with Crippen molar-refractivity contribution in [1.82, 2.24) is 20.6 Å². The van der Waals surface area contributed by atoms with Gasteiger partial charge in [-0.1, -0.05) is 0 Å². The van der Waals surface area contributed by atoms with E-state index in [0.29, 0.717) is 25.8 Å². The monoisotopic (exact) mass is 252 g/mol. The summed E-state index contributed by atoms with van der Waals surface area (Å²) in [6.07, 6.45) is 5.26. The second kappa shape index (κ2) is 5.07. The summed E-state index contributed by atoms with van der Waals surface area (Å²) in [5.74, 6) is -0.0297. The molecular formula is C11H16N4O3. The van der Waals surface area contributed by atoms with Crippen molar-refractivity contribution < 1.29 is 14.7 Å². The maximum atomic E-state index is 11.4. The molecule has 0 aromatic carbocycles. The van der Waals surface area contributed by atoms with E-state index < -0.39 is 11.4 Å². The van der Waals surface area contributed by atoms with Crippen molar-refractivity contribution in [2.45, 2.75) is 19.3 Å². The van der Waals surface area contributed by atoms with Crippen LogP contribution >= 0.6 is 0 Å². The fraction of sp³-hybridized carbons (Fsp3) is 0.545. The van der Waals surface area contributed by atoms with Gasteiger partial charge in [-0.05, 0) is 12.8 Å². The van der Waals surface area contributed by atoms with Crippen molar-refractivity contribution in [3.8, 4) is 0 Å². The third-order valence-electron chi connectivity index (χ3n) is 3.10. The molecule has 1 aliphatic rings. The van der Waals surface area contributed by atoms with Crippen LogP contribution in [0.15, 0.2) is 12.4 Å². The molecule has 98 valence electrons. The molecule has 1 aromatic heterocycles. The summed E-state index contributed by atoms with van der Waals surface area (Å²) in [5.41, 5.74) is -0.724. The first kappa shape index (κ1) is 12.4. The summed E-state index contributed by atoms with van der Waals surface area (Å²) in [4.78, 5) is 29.3. The van der Waals surface area contributed by atoms with Crippen molar-refractivity contribution in [3.63, 3.8) is 0 Å². The van der Waals surface area contributed by atoms with Crippen LogP contribution in [0.5, 0.6) is 0 Å². The fourth-order valence-electron chi connectivity index (χ4n) is 1.66. The van der Waals surface area contributed by atoms with Crippen LogP contribution in [0.2, 0.25) is 0 Å². The van der Waals surface area contributed by atoms with Crippen LogP contribution in [-0.4, -0.2) is 40.2 Å². The summed E-state index contributed by atoms with van der Waals surface area (Å²) in [7, 11) is 0. The number of H-pyrrole nitrogens is 1. The molecule has 18 heavy (non-hydrogen) atoms. The molecule has 0 atom stereocenters. The Kier molecular flexibility index (Phi) is 3.50. The van der Waals surface area contributed by atoms with Crippen LogP contribution < -0.4 is 10.6 Å². The van der Waals surface area contributed by atoms with Gasteiger partial charge in [-0.15, -0.1) is 0 Å². The highest BCUT2D eigenvalue weighted by Gasteiger charge is 2.50. The number of urea groups is 1. The first-order valence-electron chi connectivity index (χ1n) is 5.86. The standard InChI is InChI=1S/C11H16N4O3/c16-9(17)11(2-3-11)7-15-10(18)14-4-1-8-12-5-6-13-8/h5-6H,1-4,7H2,(H,12,13)(H,16,17)(H2,14,15,18). The zero-order valence-corrected chi connectivity index (χ0v) is 9.90. The van der Waals surface area contributed by atoms with Gasteiger partial charge in [0.25, 0.3) is 0 Å². The van der Waals surface area contributed by atoms with E-state index in [1.54, 1.807) is 12.4 Å². The molecule has 4 N–H and O–H groups in total. The third-order valence-corrected chi connectivity index (χ3v) is 3.10. The van der Waals surface area contributed by atoms with Gasteiger partial charge in [-0.3, -0.25) is 4.79 Å². The predicted octanol–water partition coefficient (Wildman–Crippen LogP) is 0.116. The molecule has 0 radical (unpaired) electrons. The number of aliphatic carboxylic acids is 1. The minimum Gasteiger partial charge on any atom is -0.481 e. The summed E-state index contributed by atoms with van der Waals surface area (Å²) < 4.78 is 0. The second-order valence-electron chi connectivity index (χ2n) is 4.48. The molecule has 0 unspecified atom stereocenters. The van der Waals surface area contributed by atoms with Crippen LogP contribution in [-0.2, 0) is 11.2 Å². The Balaban J connectivity index is 1.62. The van der Waals surface area contributed by atoms with Crippen molar-refractivity contribution in [3.05, 3.63) is 18.2 Å². The molecule has 7 heteroatoms. The largest absolute Gasteiger partial charge is 0.481 e. The van der Waals surface area contributed by atoms with Crippen molar-refractivity contribution in [2.75, 3.05) is 13.1 Å².